The second kappa shape index (κ2) is 6.75. The predicted molar refractivity (Wildman–Crippen MR) is 81.5 cm³/mol. The number of hydrogen-bond acceptors (Lipinski definition) is 4. The number of nitrogens with zero attached hydrogens (tertiary/aromatic N) is 2. The zero-order chi connectivity index (χ0) is 14.5. The van der Waals surface area contributed by atoms with E-state index in [1.807, 2.05) is 26.0 Å². The van der Waals surface area contributed by atoms with Gasteiger partial charge in [0.1, 0.15) is 11.5 Å². The van der Waals surface area contributed by atoms with Crippen LogP contribution in [0.4, 0.5) is 5.69 Å². The Kier molecular flexibility index (Phi) is 5.01. The van der Waals surface area contributed by atoms with Gasteiger partial charge in [0.2, 0.25) is 0 Å². The van der Waals surface area contributed by atoms with Crippen molar-refractivity contribution in [2.75, 3.05) is 44.7 Å². The molecule has 0 atom stereocenters. The molecule has 1 aliphatic heterocycles. The molecule has 0 aliphatic carbocycles. The Hall–Kier alpha value is -1.55. The van der Waals surface area contributed by atoms with Crippen molar-refractivity contribution in [2.24, 2.45) is 5.92 Å². The molecule has 1 saturated heterocycles. The Balaban J connectivity index is 1.89. The third-order valence-corrected chi connectivity index (χ3v) is 3.81. The molecule has 1 aromatic carbocycles. The summed E-state index contributed by atoms with van der Waals surface area (Å²) in [7, 11) is 1.69. The summed E-state index contributed by atoms with van der Waals surface area (Å²) in [4.78, 5) is 16.4. The average molecular weight is 276 g/mol. The standard InChI is InChI=1S/C16H24N2O2/c1-13(2)16(19)12-17-7-9-18(10-8-17)14-5-4-6-15(11-14)20-3/h4-6,11,13H,7-10,12H2,1-3H3. The molecule has 1 aliphatic rings. The van der Waals surface area contributed by atoms with E-state index >= 15 is 0 Å². The van der Waals surface area contributed by atoms with Crippen LogP contribution in [0.2, 0.25) is 0 Å². The normalized spacial score (nSPS) is 16.5. The largest absolute Gasteiger partial charge is 0.497 e. The third kappa shape index (κ3) is 3.73. The van der Waals surface area contributed by atoms with Gasteiger partial charge < -0.3 is 9.64 Å². The number of anilines is 1. The van der Waals surface area contributed by atoms with Crippen molar-refractivity contribution in [3.8, 4) is 5.75 Å². The fraction of sp³-hybridized carbons (Fsp3) is 0.562. The van der Waals surface area contributed by atoms with Crippen molar-refractivity contribution in [2.45, 2.75) is 13.8 Å². The molecular weight excluding hydrogens is 252 g/mol. The van der Waals surface area contributed by atoms with E-state index in [0.717, 1.165) is 31.9 Å². The number of ketones is 1. The van der Waals surface area contributed by atoms with Gasteiger partial charge in [0, 0.05) is 43.9 Å². The molecule has 2 rings (SSSR count). The lowest BCUT2D eigenvalue weighted by molar-refractivity contribution is -0.123. The smallest absolute Gasteiger partial charge is 0.149 e. The Morgan fingerprint density at radius 1 is 1.25 bits per heavy atom. The maximum absolute atomic E-state index is 11.8. The van der Waals surface area contributed by atoms with Gasteiger partial charge in [-0.2, -0.15) is 0 Å². The number of piperazine rings is 1. The fourth-order valence-corrected chi connectivity index (χ4v) is 2.37. The summed E-state index contributed by atoms with van der Waals surface area (Å²) in [6, 6.07) is 8.15. The lowest BCUT2D eigenvalue weighted by Gasteiger charge is -2.36. The van der Waals surface area contributed by atoms with Crippen LogP contribution in [0, 0.1) is 5.92 Å². The zero-order valence-corrected chi connectivity index (χ0v) is 12.6. The quantitative estimate of drug-likeness (QED) is 0.824. The Morgan fingerprint density at radius 2 is 1.95 bits per heavy atom. The maximum atomic E-state index is 11.8. The van der Waals surface area contributed by atoms with Crippen molar-refractivity contribution in [3.63, 3.8) is 0 Å². The van der Waals surface area contributed by atoms with Crippen LogP contribution in [0.1, 0.15) is 13.8 Å². The number of Topliss-reactive ketones (excluding diaryl/α,β-unsaturated/α-hetero) is 1. The highest BCUT2D eigenvalue weighted by Gasteiger charge is 2.20. The molecular formula is C16H24N2O2. The minimum Gasteiger partial charge on any atom is -0.497 e. The molecule has 1 fully saturated rings. The van der Waals surface area contributed by atoms with Crippen molar-refractivity contribution < 1.29 is 9.53 Å². The molecule has 110 valence electrons. The van der Waals surface area contributed by atoms with Crippen LogP contribution >= 0.6 is 0 Å². The monoisotopic (exact) mass is 276 g/mol. The first-order chi connectivity index (χ1) is 9.60. The summed E-state index contributed by atoms with van der Waals surface area (Å²) in [6.45, 7) is 8.32. The summed E-state index contributed by atoms with van der Waals surface area (Å²) in [6.07, 6.45) is 0. The highest BCUT2D eigenvalue weighted by Crippen LogP contribution is 2.22. The van der Waals surface area contributed by atoms with Crippen LogP contribution in [0.3, 0.4) is 0 Å². The van der Waals surface area contributed by atoms with Gasteiger partial charge in [0.15, 0.2) is 0 Å². The molecule has 4 heteroatoms. The van der Waals surface area contributed by atoms with Crippen LogP contribution in [0.15, 0.2) is 24.3 Å². The van der Waals surface area contributed by atoms with Gasteiger partial charge >= 0.3 is 0 Å². The van der Waals surface area contributed by atoms with E-state index < -0.39 is 0 Å². The molecule has 4 nitrogen and oxygen atoms in total. The van der Waals surface area contributed by atoms with Gasteiger partial charge in [0.25, 0.3) is 0 Å². The Bertz CT molecular complexity index is 452. The van der Waals surface area contributed by atoms with Gasteiger partial charge in [-0.25, -0.2) is 0 Å². The zero-order valence-electron chi connectivity index (χ0n) is 12.6. The number of methoxy groups -OCH3 is 1. The van der Waals surface area contributed by atoms with E-state index in [9.17, 15) is 4.79 Å². The molecule has 1 aromatic rings. The van der Waals surface area contributed by atoms with E-state index in [4.69, 9.17) is 4.74 Å². The van der Waals surface area contributed by atoms with Crippen molar-refractivity contribution in [1.82, 2.24) is 4.90 Å². The SMILES string of the molecule is COc1cccc(N2CCN(CC(=O)C(C)C)CC2)c1. The van der Waals surface area contributed by atoms with Crippen molar-refractivity contribution in [1.29, 1.82) is 0 Å². The summed E-state index contributed by atoms with van der Waals surface area (Å²) >= 11 is 0. The predicted octanol–water partition coefficient (Wildman–Crippen LogP) is 2.04. The Morgan fingerprint density at radius 3 is 2.55 bits per heavy atom. The highest BCUT2D eigenvalue weighted by molar-refractivity contribution is 5.82. The number of ether oxygens (including phenoxy) is 1. The van der Waals surface area contributed by atoms with Crippen LogP contribution in [0.25, 0.3) is 0 Å². The van der Waals surface area contributed by atoms with Crippen molar-refractivity contribution >= 4 is 11.5 Å². The highest BCUT2D eigenvalue weighted by atomic mass is 16.5. The summed E-state index contributed by atoms with van der Waals surface area (Å²) < 4.78 is 5.26. The molecule has 0 N–H and O–H groups in total. The summed E-state index contributed by atoms with van der Waals surface area (Å²) in [5, 5.41) is 0. The van der Waals surface area contributed by atoms with Gasteiger partial charge in [-0.3, -0.25) is 9.69 Å². The van der Waals surface area contributed by atoms with Gasteiger partial charge in [0.05, 0.1) is 13.7 Å². The first kappa shape index (κ1) is 14.9. The molecule has 0 unspecified atom stereocenters. The van der Waals surface area contributed by atoms with Crippen LogP contribution in [-0.2, 0) is 4.79 Å². The maximum Gasteiger partial charge on any atom is 0.149 e. The second-order valence-electron chi connectivity index (χ2n) is 5.59. The van der Waals surface area contributed by atoms with Gasteiger partial charge in [-0.15, -0.1) is 0 Å². The number of benzene rings is 1. The van der Waals surface area contributed by atoms with E-state index in [-0.39, 0.29) is 5.92 Å². The minimum absolute atomic E-state index is 0.131. The van der Waals surface area contributed by atoms with E-state index in [0.29, 0.717) is 12.3 Å². The third-order valence-electron chi connectivity index (χ3n) is 3.81. The number of carbonyl (C=O) groups is 1. The number of rotatable bonds is 5. The average Bonchev–Trinajstić information content (AvgIpc) is 2.48. The number of carbonyl (C=O) groups excluding carboxylic acids is 1. The number of hydrogen-bond donors (Lipinski definition) is 0. The van der Waals surface area contributed by atoms with Gasteiger partial charge in [-0.1, -0.05) is 19.9 Å². The molecule has 0 saturated carbocycles. The van der Waals surface area contributed by atoms with Crippen LogP contribution in [0.5, 0.6) is 5.75 Å². The lowest BCUT2D eigenvalue weighted by atomic mass is 10.1. The first-order valence-electron chi connectivity index (χ1n) is 7.24. The first-order valence-corrected chi connectivity index (χ1v) is 7.24. The molecule has 1 heterocycles. The molecule has 0 spiro atoms. The van der Waals surface area contributed by atoms with E-state index in [2.05, 4.69) is 21.9 Å². The van der Waals surface area contributed by atoms with Crippen molar-refractivity contribution in [3.05, 3.63) is 24.3 Å². The topological polar surface area (TPSA) is 32.8 Å². The van der Waals surface area contributed by atoms with Gasteiger partial charge in [-0.05, 0) is 12.1 Å². The van der Waals surface area contributed by atoms with Crippen LogP contribution < -0.4 is 9.64 Å². The van der Waals surface area contributed by atoms with E-state index in [1.54, 1.807) is 7.11 Å². The molecule has 0 amide bonds. The van der Waals surface area contributed by atoms with E-state index in [1.165, 1.54) is 5.69 Å². The second-order valence-corrected chi connectivity index (χ2v) is 5.59. The summed E-state index contributed by atoms with van der Waals surface area (Å²) in [5.74, 6) is 1.35. The summed E-state index contributed by atoms with van der Waals surface area (Å²) in [5.41, 5.74) is 1.19. The lowest BCUT2D eigenvalue weighted by Crippen LogP contribution is -2.48. The fourth-order valence-electron chi connectivity index (χ4n) is 2.37. The Labute approximate surface area is 121 Å². The molecule has 0 bridgehead atoms. The molecule has 0 radical (unpaired) electrons. The molecule has 20 heavy (non-hydrogen) atoms. The minimum atomic E-state index is 0.131. The van der Waals surface area contributed by atoms with Crippen LogP contribution in [-0.4, -0.2) is 50.5 Å². The molecule has 0 aromatic heterocycles.